The summed E-state index contributed by atoms with van der Waals surface area (Å²) in [5.41, 5.74) is 0.0629. The van der Waals surface area contributed by atoms with Gasteiger partial charge in [-0.1, -0.05) is 78.7 Å². The Bertz CT molecular complexity index is 261. The maximum Gasteiger partial charge on any atom is 0.180 e. The Morgan fingerprint density at radius 2 is 1.50 bits per heavy atom. The van der Waals surface area contributed by atoms with Crippen LogP contribution < -0.4 is 0 Å². The van der Waals surface area contributed by atoms with Crippen molar-refractivity contribution in [2.24, 2.45) is 5.41 Å². The Kier molecular flexibility index (Phi) is 11.8. The second-order valence-electron chi connectivity index (χ2n) is 6.69. The third-order valence-electron chi connectivity index (χ3n) is 3.16. The summed E-state index contributed by atoms with van der Waals surface area (Å²) in [7, 11) is 0. The highest BCUT2D eigenvalue weighted by atomic mass is 16.5. The number of carbonyl (C=O) groups excluding carboxylic acids is 1. The van der Waals surface area contributed by atoms with Gasteiger partial charge in [-0.3, -0.25) is 4.79 Å². The molecule has 0 heterocycles. The average molecular weight is 282 g/mol. The van der Waals surface area contributed by atoms with E-state index in [1.807, 2.05) is 6.08 Å². The monoisotopic (exact) mass is 282 g/mol. The summed E-state index contributed by atoms with van der Waals surface area (Å²) in [5, 5.41) is 0. The minimum atomic E-state index is 0.0629. The van der Waals surface area contributed by atoms with Gasteiger partial charge in [0, 0.05) is 6.61 Å². The molecule has 0 aromatic rings. The molecule has 0 unspecified atom stereocenters. The van der Waals surface area contributed by atoms with Crippen LogP contribution in [0.4, 0.5) is 0 Å². The van der Waals surface area contributed by atoms with Gasteiger partial charge in [0.15, 0.2) is 5.78 Å². The van der Waals surface area contributed by atoms with Crippen molar-refractivity contribution in [3.8, 4) is 0 Å². The Labute approximate surface area is 126 Å². The van der Waals surface area contributed by atoms with E-state index in [0.29, 0.717) is 6.61 Å². The van der Waals surface area contributed by atoms with Crippen LogP contribution in [0.15, 0.2) is 12.2 Å². The van der Waals surface area contributed by atoms with Gasteiger partial charge < -0.3 is 4.74 Å². The molecule has 0 aliphatic carbocycles. The predicted molar refractivity (Wildman–Crippen MR) is 87.0 cm³/mol. The van der Waals surface area contributed by atoms with Gasteiger partial charge in [0.2, 0.25) is 0 Å². The van der Waals surface area contributed by atoms with Gasteiger partial charge in [-0.25, -0.2) is 0 Å². The SMILES string of the molecule is CCCCCCCCCCOCC(=O)C=CC(C)(C)C. The van der Waals surface area contributed by atoms with Gasteiger partial charge >= 0.3 is 0 Å². The summed E-state index contributed by atoms with van der Waals surface area (Å²) in [4.78, 5) is 11.5. The van der Waals surface area contributed by atoms with E-state index in [1.54, 1.807) is 6.08 Å². The molecule has 0 atom stereocenters. The van der Waals surface area contributed by atoms with E-state index in [4.69, 9.17) is 4.74 Å². The van der Waals surface area contributed by atoms with E-state index in [1.165, 1.54) is 44.9 Å². The molecule has 0 N–H and O–H groups in total. The molecule has 0 bridgehead atoms. The zero-order valence-corrected chi connectivity index (χ0v) is 14.0. The fraction of sp³-hybridized carbons (Fsp3) is 0.833. The maximum atomic E-state index is 11.5. The minimum absolute atomic E-state index is 0.0629. The third kappa shape index (κ3) is 15.4. The molecule has 0 amide bonds. The molecule has 20 heavy (non-hydrogen) atoms. The lowest BCUT2D eigenvalue weighted by molar-refractivity contribution is -0.119. The molecule has 0 fully saturated rings. The van der Waals surface area contributed by atoms with Crippen LogP contribution in [0.1, 0.15) is 79.1 Å². The van der Waals surface area contributed by atoms with Crippen LogP contribution in [0.5, 0.6) is 0 Å². The zero-order valence-electron chi connectivity index (χ0n) is 14.0. The molecule has 2 nitrogen and oxygen atoms in total. The van der Waals surface area contributed by atoms with Crippen molar-refractivity contribution < 1.29 is 9.53 Å². The summed E-state index contributed by atoms with van der Waals surface area (Å²) in [6, 6.07) is 0. The first-order chi connectivity index (χ1) is 9.45. The van der Waals surface area contributed by atoms with Crippen LogP contribution in [-0.4, -0.2) is 19.0 Å². The first-order valence-electron chi connectivity index (χ1n) is 8.25. The number of ether oxygens (including phenoxy) is 1. The highest BCUT2D eigenvalue weighted by Crippen LogP contribution is 2.14. The molecule has 0 rings (SSSR count). The van der Waals surface area contributed by atoms with Gasteiger partial charge in [-0.2, -0.15) is 0 Å². The van der Waals surface area contributed by atoms with Crippen molar-refractivity contribution in [1.29, 1.82) is 0 Å². The molecule has 0 aliphatic rings. The normalized spacial score (nSPS) is 12.2. The Hall–Kier alpha value is -0.630. The van der Waals surface area contributed by atoms with E-state index in [-0.39, 0.29) is 17.8 Å². The van der Waals surface area contributed by atoms with E-state index >= 15 is 0 Å². The van der Waals surface area contributed by atoms with Gasteiger partial charge in [-0.05, 0) is 17.9 Å². The summed E-state index contributed by atoms with van der Waals surface area (Å²) in [5.74, 6) is 0.0690. The Balaban J connectivity index is 3.32. The van der Waals surface area contributed by atoms with E-state index in [0.717, 1.165) is 6.42 Å². The molecule has 0 spiro atoms. The molecule has 0 aromatic carbocycles. The van der Waals surface area contributed by atoms with Gasteiger partial charge in [0.1, 0.15) is 6.61 Å². The van der Waals surface area contributed by atoms with Crippen LogP contribution in [-0.2, 0) is 9.53 Å². The van der Waals surface area contributed by atoms with Crippen molar-refractivity contribution in [3.05, 3.63) is 12.2 Å². The number of hydrogen-bond acceptors (Lipinski definition) is 2. The summed E-state index contributed by atoms with van der Waals surface area (Å²) < 4.78 is 5.40. The topological polar surface area (TPSA) is 26.3 Å². The number of rotatable bonds is 12. The molecule has 0 saturated heterocycles. The van der Waals surface area contributed by atoms with Crippen molar-refractivity contribution in [1.82, 2.24) is 0 Å². The molecular weight excluding hydrogens is 248 g/mol. The Morgan fingerprint density at radius 3 is 2.05 bits per heavy atom. The first kappa shape index (κ1) is 19.4. The molecule has 0 radical (unpaired) electrons. The van der Waals surface area contributed by atoms with Crippen LogP contribution >= 0.6 is 0 Å². The second-order valence-corrected chi connectivity index (χ2v) is 6.69. The summed E-state index contributed by atoms with van der Waals surface area (Å²) >= 11 is 0. The van der Waals surface area contributed by atoms with Crippen molar-refractivity contribution >= 4 is 5.78 Å². The van der Waals surface area contributed by atoms with Gasteiger partial charge in [-0.15, -0.1) is 0 Å². The predicted octanol–water partition coefficient (Wildman–Crippen LogP) is 5.32. The fourth-order valence-electron chi connectivity index (χ4n) is 1.90. The highest BCUT2D eigenvalue weighted by Gasteiger charge is 2.05. The smallest absolute Gasteiger partial charge is 0.180 e. The number of carbonyl (C=O) groups is 1. The first-order valence-corrected chi connectivity index (χ1v) is 8.25. The number of allylic oxidation sites excluding steroid dienone is 1. The van der Waals surface area contributed by atoms with Crippen molar-refractivity contribution in [2.45, 2.75) is 79.1 Å². The maximum absolute atomic E-state index is 11.5. The van der Waals surface area contributed by atoms with Crippen LogP contribution in [0.2, 0.25) is 0 Å². The van der Waals surface area contributed by atoms with Crippen molar-refractivity contribution in [2.75, 3.05) is 13.2 Å². The lowest BCUT2D eigenvalue weighted by atomic mass is 9.96. The lowest BCUT2D eigenvalue weighted by Crippen LogP contribution is -2.08. The largest absolute Gasteiger partial charge is 0.373 e. The molecule has 2 heteroatoms. The third-order valence-corrected chi connectivity index (χ3v) is 3.16. The molecule has 0 saturated carbocycles. The molecule has 0 aliphatic heterocycles. The van der Waals surface area contributed by atoms with E-state index in [9.17, 15) is 4.79 Å². The molecular formula is C18H34O2. The van der Waals surface area contributed by atoms with Gasteiger partial charge in [0.25, 0.3) is 0 Å². The van der Waals surface area contributed by atoms with Crippen LogP contribution in [0.3, 0.4) is 0 Å². The molecule has 118 valence electrons. The average Bonchev–Trinajstić information content (AvgIpc) is 2.38. The summed E-state index contributed by atoms with van der Waals surface area (Å²) in [6.45, 7) is 9.43. The second kappa shape index (κ2) is 12.1. The number of ketones is 1. The van der Waals surface area contributed by atoms with Crippen molar-refractivity contribution in [3.63, 3.8) is 0 Å². The number of hydrogen-bond donors (Lipinski definition) is 0. The Morgan fingerprint density at radius 1 is 0.950 bits per heavy atom. The number of unbranched alkanes of at least 4 members (excludes halogenated alkanes) is 7. The minimum Gasteiger partial charge on any atom is -0.373 e. The van der Waals surface area contributed by atoms with Crippen LogP contribution in [0.25, 0.3) is 0 Å². The lowest BCUT2D eigenvalue weighted by Gasteiger charge is -2.10. The zero-order chi connectivity index (χ0) is 15.3. The highest BCUT2D eigenvalue weighted by molar-refractivity contribution is 5.90. The fourth-order valence-corrected chi connectivity index (χ4v) is 1.90. The van der Waals surface area contributed by atoms with Gasteiger partial charge in [0.05, 0.1) is 0 Å². The standard InChI is InChI=1S/C18H34O2/c1-5-6-7-8-9-10-11-12-15-20-16-17(19)13-14-18(2,3)4/h13-14H,5-12,15-16H2,1-4H3. The molecule has 0 aromatic heterocycles. The quantitative estimate of drug-likeness (QED) is 0.358. The summed E-state index contributed by atoms with van der Waals surface area (Å²) in [6.07, 6.45) is 13.9. The van der Waals surface area contributed by atoms with E-state index in [2.05, 4.69) is 27.7 Å². The van der Waals surface area contributed by atoms with E-state index < -0.39 is 0 Å². The van der Waals surface area contributed by atoms with Crippen LogP contribution in [0, 0.1) is 5.41 Å².